The highest BCUT2D eigenvalue weighted by atomic mass is 16.2. The van der Waals surface area contributed by atoms with E-state index in [9.17, 15) is 9.59 Å². The van der Waals surface area contributed by atoms with Crippen LogP contribution < -0.4 is 14.7 Å². The van der Waals surface area contributed by atoms with Crippen molar-refractivity contribution in [3.63, 3.8) is 0 Å². The molecule has 2 amide bonds. The van der Waals surface area contributed by atoms with Crippen molar-refractivity contribution in [2.75, 3.05) is 27.8 Å². The maximum atomic E-state index is 13.8. The Morgan fingerprint density at radius 2 is 1.54 bits per heavy atom. The van der Waals surface area contributed by atoms with Crippen LogP contribution in [-0.2, 0) is 4.79 Å². The van der Waals surface area contributed by atoms with E-state index >= 15 is 0 Å². The third-order valence-electron chi connectivity index (χ3n) is 7.28. The fourth-order valence-electron chi connectivity index (χ4n) is 5.52. The summed E-state index contributed by atoms with van der Waals surface area (Å²) in [4.78, 5) is 33.1. The molecule has 2 aliphatic heterocycles. The van der Waals surface area contributed by atoms with Crippen molar-refractivity contribution in [1.29, 1.82) is 0 Å². The molecule has 0 aliphatic carbocycles. The number of carbonyl (C=O) groups excluding carboxylic acids is 2. The minimum Gasteiger partial charge on any atom is -0.372 e. The molecule has 1 saturated heterocycles. The second-order valence-electron chi connectivity index (χ2n) is 9.53. The molecule has 0 saturated carbocycles. The maximum absolute atomic E-state index is 13.8. The first-order chi connectivity index (χ1) is 17.1. The molecule has 0 bridgehead atoms. The molecule has 0 N–H and O–H groups in total. The van der Waals surface area contributed by atoms with Crippen LogP contribution >= 0.6 is 0 Å². The Hall–Kier alpha value is -3.60. The zero-order chi connectivity index (χ0) is 24.4. The van der Waals surface area contributed by atoms with Crippen molar-refractivity contribution in [3.8, 4) is 0 Å². The number of benzene rings is 3. The summed E-state index contributed by atoms with van der Waals surface area (Å²) in [5.74, 6) is 0.0879. The molecule has 3 aromatic carbocycles. The zero-order valence-corrected chi connectivity index (χ0v) is 20.6. The Morgan fingerprint density at radius 1 is 0.886 bits per heavy atom. The molecule has 5 heteroatoms. The number of hydrogen-bond donors (Lipinski definition) is 0. The lowest BCUT2D eigenvalue weighted by Gasteiger charge is -2.43. The number of hydrogen-bond acceptors (Lipinski definition) is 3. The number of anilines is 3. The Balaban J connectivity index is 1.49. The van der Waals surface area contributed by atoms with Gasteiger partial charge in [-0.05, 0) is 74.2 Å². The lowest BCUT2D eigenvalue weighted by Crippen LogP contribution is -2.47. The zero-order valence-electron chi connectivity index (χ0n) is 20.6. The Labute approximate surface area is 208 Å². The summed E-state index contributed by atoms with van der Waals surface area (Å²) in [6.07, 6.45) is 3.55. The monoisotopic (exact) mass is 467 g/mol. The molecule has 0 radical (unpaired) electrons. The van der Waals surface area contributed by atoms with Crippen molar-refractivity contribution >= 4 is 28.9 Å². The molecule has 5 nitrogen and oxygen atoms in total. The van der Waals surface area contributed by atoms with Gasteiger partial charge in [0.25, 0.3) is 5.91 Å². The number of para-hydroxylation sites is 2. The molecule has 5 rings (SSSR count). The van der Waals surface area contributed by atoms with Crippen LogP contribution in [0.2, 0.25) is 0 Å². The van der Waals surface area contributed by atoms with Gasteiger partial charge in [0.2, 0.25) is 5.91 Å². The standard InChI is InChI=1S/C30H33N3O2/c1-3-29(34)33(25-11-5-4-6-12-25)28-21-22(2)32(27-14-8-7-13-26(27)28)30(35)23-15-17-24(18-16-23)31-19-9-10-20-31/h4-8,11-18,22,28H,3,9-10,19-21H2,1-2H3/t22-,28+/m1/s1. The molecular weight excluding hydrogens is 434 g/mol. The average molecular weight is 468 g/mol. The quantitative estimate of drug-likeness (QED) is 0.448. The van der Waals surface area contributed by atoms with Crippen molar-refractivity contribution in [2.45, 2.75) is 51.6 Å². The van der Waals surface area contributed by atoms with Crippen LogP contribution in [-0.4, -0.2) is 30.9 Å². The van der Waals surface area contributed by atoms with Crippen LogP contribution in [0.4, 0.5) is 17.1 Å². The minimum atomic E-state index is -0.127. The van der Waals surface area contributed by atoms with Gasteiger partial charge >= 0.3 is 0 Å². The SMILES string of the molecule is CCC(=O)N(c1ccccc1)[C@H]1C[C@@H](C)N(C(=O)c2ccc(N3CCCC3)cc2)c2ccccc21. The Morgan fingerprint density at radius 3 is 2.23 bits per heavy atom. The Bertz CT molecular complexity index is 1190. The van der Waals surface area contributed by atoms with Gasteiger partial charge in [-0.15, -0.1) is 0 Å². The van der Waals surface area contributed by atoms with Gasteiger partial charge in [0.05, 0.1) is 6.04 Å². The van der Waals surface area contributed by atoms with Crippen LogP contribution in [0.1, 0.15) is 61.5 Å². The first kappa shape index (κ1) is 23.2. The van der Waals surface area contributed by atoms with Crippen LogP contribution in [0.15, 0.2) is 78.9 Å². The number of amides is 2. The van der Waals surface area contributed by atoms with Gasteiger partial charge in [-0.25, -0.2) is 0 Å². The summed E-state index contributed by atoms with van der Waals surface area (Å²) in [6, 6.07) is 25.8. The molecule has 2 aliphatic rings. The van der Waals surface area contributed by atoms with Crippen LogP contribution in [0.3, 0.4) is 0 Å². The molecule has 0 unspecified atom stereocenters. The normalized spacial score (nSPS) is 19.4. The average Bonchev–Trinajstić information content (AvgIpc) is 3.44. The van der Waals surface area contributed by atoms with E-state index in [1.54, 1.807) is 0 Å². The van der Waals surface area contributed by atoms with E-state index in [1.165, 1.54) is 18.5 Å². The molecule has 3 aromatic rings. The largest absolute Gasteiger partial charge is 0.372 e. The number of rotatable bonds is 5. The van der Waals surface area contributed by atoms with E-state index in [0.29, 0.717) is 18.4 Å². The van der Waals surface area contributed by atoms with E-state index in [-0.39, 0.29) is 23.9 Å². The predicted octanol–water partition coefficient (Wildman–Crippen LogP) is 6.21. The van der Waals surface area contributed by atoms with Gasteiger partial charge in [-0.2, -0.15) is 0 Å². The van der Waals surface area contributed by atoms with Crippen LogP contribution in [0.25, 0.3) is 0 Å². The van der Waals surface area contributed by atoms with Gasteiger partial charge in [0, 0.05) is 48.2 Å². The van der Waals surface area contributed by atoms with Crippen molar-refractivity contribution in [1.82, 2.24) is 0 Å². The molecule has 0 aromatic heterocycles. The minimum absolute atomic E-state index is 0.00412. The molecular formula is C30H33N3O2. The Kier molecular flexibility index (Phi) is 6.58. The third-order valence-corrected chi connectivity index (χ3v) is 7.28. The lowest BCUT2D eigenvalue weighted by atomic mass is 9.89. The van der Waals surface area contributed by atoms with E-state index in [4.69, 9.17) is 0 Å². The highest BCUT2D eigenvalue weighted by molar-refractivity contribution is 6.07. The van der Waals surface area contributed by atoms with Gasteiger partial charge in [-0.1, -0.05) is 43.3 Å². The topological polar surface area (TPSA) is 43.9 Å². The molecule has 2 atom stereocenters. The van der Waals surface area contributed by atoms with Gasteiger partial charge in [0.15, 0.2) is 0 Å². The number of carbonyl (C=O) groups is 2. The molecule has 180 valence electrons. The summed E-state index contributed by atoms with van der Waals surface area (Å²) in [5, 5.41) is 0. The number of fused-ring (bicyclic) bond motifs is 1. The first-order valence-electron chi connectivity index (χ1n) is 12.7. The first-order valence-corrected chi connectivity index (χ1v) is 12.7. The second-order valence-corrected chi connectivity index (χ2v) is 9.53. The summed E-state index contributed by atoms with van der Waals surface area (Å²) >= 11 is 0. The highest BCUT2D eigenvalue weighted by Crippen LogP contribution is 2.43. The molecule has 35 heavy (non-hydrogen) atoms. The lowest BCUT2D eigenvalue weighted by molar-refractivity contribution is -0.118. The molecule has 1 fully saturated rings. The summed E-state index contributed by atoms with van der Waals surface area (Å²) in [5.41, 5.74) is 4.66. The second kappa shape index (κ2) is 9.95. The smallest absolute Gasteiger partial charge is 0.258 e. The predicted molar refractivity (Wildman–Crippen MR) is 142 cm³/mol. The van der Waals surface area contributed by atoms with E-state index in [2.05, 4.69) is 30.0 Å². The fourth-order valence-corrected chi connectivity index (χ4v) is 5.52. The summed E-state index contributed by atoms with van der Waals surface area (Å²) < 4.78 is 0. The molecule has 2 heterocycles. The van der Waals surface area contributed by atoms with E-state index < -0.39 is 0 Å². The maximum Gasteiger partial charge on any atom is 0.258 e. The van der Waals surface area contributed by atoms with Crippen molar-refractivity contribution < 1.29 is 9.59 Å². The summed E-state index contributed by atoms with van der Waals surface area (Å²) in [7, 11) is 0. The van der Waals surface area contributed by atoms with Gasteiger partial charge in [0.1, 0.15) is 0 Å². The van der Waals surface area contributed by atoms with E-state index in [0.717, 1.165) is 30.0 Å². The number of nitrogens with zero attached hydrogens (tertiary/aromatic N) is 3. The summed E-state index contributed by atoms with van der Waals surface area (Å²) in [6.45, 7) is 6.15. The molecule has 0 spiro atoms. The van der Waals surface area contributed by atoms with Crippen molar-refractivity contribution in [2.24, 2.45) is 0 Å². The van der Waals surface area contributed by atoms with Gasteiger partial charge < -0.3 is 14.7 Å². The van der Waals surface area contributed by atoms with Gasteiger partial charge in [-0.3, -0.25) is 9.59 Å². The van der Waals surface area contributed by atoms with Crippen LogP contribution in [0, 0.1) is 0 Å². The van der Waals surface area contributed by atoms with E-state index in [1.807, 2.05) is 77.4 Å². The highest BCUT2D eigenvalue weighted by Gasteiger charge is 2.38. The third kappa shape index (κ3) is 4.43. The van der Waals surface area contributed by atoms with Crippen LogP contribution in [0.5, 0.6) is 0 Å². The van der Waals surface area contributed by atoms with Crippen molar-refractivity contribution in [3.05, 3.63) is 90.0 Å². The fraction of sp³-hybridized carbons (Fsp3) is 0.333.